The monoisotopic (exact) mass is 229 g/mol. The smallest absolute Gasteiger partial charge is 0.0778 e. The molecule has 0 aliphatic rings. The van der Waals surface area contributed by atoms with Crippen LogP contribution in [0.25, 0.3) is 0 Å². The Morgan fingerprint density at radius 3 is 2.00 bits per heavy atom. The van der Waals surface area contributed by atoms with Crippen molar-refractivity contribution in [3.05, 3.63) is 0 Å². The molecule has 2 heteroatoms. The highest BCUT2D eigenvalue weighted by Gasteiger charge is 2.30. The number of likely N-dealkylation sites (N-methyl/N-ethyl adjacent to an activating group) is 1. The summed E-state index contributed by atoms with van der Waals surface area (Å²) in [5.74, 6) is 0. The Hall–Kier alpha value is -0.0800. The summed E-state index contributed by atoms with van der Waals surface area (Å²) in [6.45, 7) is 17.3. The van der Waals surface area contributed by atoms with E-state index >= 15 is 0 Å². The van der Waals surface area contributed by atoms with Gasteiger partial charge in [0.15, 0.2) is 0 Å². The molecule has 0 aliphatic carbocycles. The van der Waals surface area contributed by atoms with E-state index in [1.807, 2.05) is 0 Å². The molecule has 0 aliphatic heterocycles. The Labute approximate surface area is 102 Å². The zero-order valence-corrected chi connectivity index (χ0v) is 12.3. The van der Waals surface area contributed by atoms with E-state index in [2.05, 4.69) is 53.8 Å². The minimum atomic E-state index is -0.0734. The van der Waals surface area contributed by atoms with Gasteiger partial charge in [0.2, 0.25) is 0 Å². The molecule has 0 heterocycles. The van der Waals surface area contributed by atoms with Gasteiger partial charge in [-0.15, -0.1) is 0 Å². The van der Waals surface area contributed by atoms with Gasteiger partial charge in [0.05, 0.1) is 5.60 Å². The summed E-state index contributed by atoms with van der Waals surface area (Å²) in [6.07, 6.45) is 2.39. The standard InChI is InChI=1S/C14H31NO/c1-8-15-12(10-11-13(3,4)5)14(6,7)16-9-2/h12,15H,8-11H2,1-7H3. The van der Waals surface area contributed by atoms with Gasteiger partial charge in [-0.25, -0.2) is 0 Å². The molecule has 0 amide bonds. The largest absolute Gasteiger partial charge is 0.374 e. The molecule has 0 aromatic rings. The number of nitrogens with one attached hydrogen (secondary N) is 1. The summed E-state index contributed by atoms with van der Waals surface area (Å²) >= 11 is 0. The molecule has 0 aromatic carbocycles. The van der Waals surface area contributed by atoms with Crippen LogP contribution in [0.5, 0.6) is 0 Å². The van der Waals surface area contributed by atoms with E-state index in [0.717, 1.165) is 13.2 Å². The maximum Gasteiger partial charge on any atom is 0.0778 e. The van der Waals surface area contributed by atoms with E-state index in [1.54, 1.807) is 0 Å². The van der Waals surface area contributed by atoms with Gasteiger partial charge in [0.1, 0.15) is 0 Å². The SMILES string of the molecule is CCNC(CCC(C)(C)C)C(C)(C)OCC. The van der Waals surface area contributed by atoms with Crippen LogP contribution in [0.4, 0.5) is 0 Å². The van der Waals surface area contributed by atoms with Crippen LogP contribution in [0, 0.1) is 5.41 Å². The summed E-state index contributed by atoms with van der Waals surface area (Å²) in [4.78, 5) is 0. The third-order valence-electron chi connectivity index (χ3n) is 2.99. The lowest BCUT2D eigenvalue weighted by atomic mass is 9.84. The number of hydrogen-bond donors (Lipinski definition) is 1. The van der Waals surface area contributed by atoms with Crippen LogP contribution in [0.15, 0.2) is 0 Å². The van der Waals surface area contributed by atoms with Gasteiger partial charge in [-0.1, -0.05) is 27.7 Å². The third kappa shape index (κ3) is 6.49. The van der Waals surface area contributed by atoms with Gasteiger partial charge >= 0.3 is 0 Å². The second kappa shape index (κ2) is 6.61. The Bertz CT molecular complexity index is 182. The van der Waals surface area contributed by atoms with Crippen LogP contribution in [-0.2, 0) is 4.74 Å². The quantitative estimate of drug-likeness (QED) is 0.720. The molecular formula is C14H31NO. The molecular weight excluding hydrogens is 198 g/mol. The van der Waals surface area contributed by atoms with E-state index in [0.29, 0.717) is 11.5 Å². The molecule has 0 saturated carbocycles. The fraction of sp³-hybridized carbons (Fsp3) is 1.00. The van der Waals surface area contributed by atoms with Crippen LogP contribution in [0.3, 0.4) is 0 Å². The average molecular weight is 229 g/mol. The number of hydrogen-bond acceptors (Lipinski definition) is 2. The fourth-order valence-corrected chi connectivity index (χ4v) is 1.99. The molecule has 1 unspecified atom stereocenters. The first-order valence-electron chi connectivity index (χ1n) is 6.60. The molecule has 98 valence electrons. The topological polar surface area (TPSA) is 21.3 Å². The highest BCUT2D eigenvalue weighted by Crippen LogP contribution is 2.26. The van der Waals surface area contributed by atoms with E-state index in [1.165, 1.54) is 12.8 Å². The molecule has 2 nitrogen and oxygen atoms in total. The van der Waals surface area contributed by atoms with Crippen molar-refractivity contribution in [2.75, 3.05) is 13.2 Å². The Kier molecular flexibility index (Phi) is 6.57. The predicted molar refractivity (Wildman–Crippen MR) is 71.9 cm³/mol. The van der Waals surface area contributed by atoms with E-state index in [-0.39, 0.29) is 5.60 Å². The van der Waals surface area contributed by atoms with Crippen molar-refractivity contribution in [1.82, 2.24) is 5.32 Å². The minimum Gasteiger partial charge on any atom is -0.374 e. The van der Waals surface area contributed by atoms with Gasteiger partial charge in [0.25, 0.3) is 0 Å². The first-order valence-corrected chi connectivity index (χ1v) is 6.60. The maximum absolute atomic E-state index is 5.85. The third-order valence-corrected chi connectivity index (χ3v) is 2.99. The van der Waals surface area contributed by atoms with Gasteiger partial charge in [-0.3, -0.25) is 0 Å². The number of rotatable bonds is 7. The van der Waals surface area contributed by atoms with Gasteiger partial charge in [-0.05, 0) is 45.6 Å². The molecule has 0 spiro atoms. The van der Waals surface area contributed by atoms with Crippen LogP contribution >= 0.6 is 0 Å². The zero-order valence-electron chi connectivity index (χ0n) is 12.3. The summed E-state index contributed by atoms with van der Waals surface area (Å²) in [6, 6.07) is 0.441. The lowest BCUT2D eigenvalue weighted by Gasteiger charge is -2.36. The average Bonchev–Trinajstić information content (AvgIpc) is 2.10. The molecule has 0 radical (unpaired) electrons. The normalized spacial score (nSPS) is 15.2. The van der Waals surface area contributed by atoms with Crippen molar-refractivity contribution in [3.63, 3.8) is 0 Å². The lowest BCUT2D eigenvalue weighted by molar-refractivity contribution is -0.0417. The first-order chi connectivity index (χ1) is 7.23. The van der Waals surface area contributed by atoms with Gasteiger partial charge < -0.3 is 10.1 Å². The predicted octanol–water partition coefficient (Wildman–Crippen LogP) is 3.61. The molecule has 16 heavy (non-hydrogen) atoms. The Balaban J connectivity index is 4.36. The summed E-state index contributed by atoms with van der Waals surface area (Å²) in [5.41, 5.74) is 0.325. The molecule has 0 fully saturated rings. The van der Waals surface area contributed by atoms with Gasteiger partial charge in [-0.2, -0.15) is 0 Å². The van der Waals surface area contributed by atoms with Crippen molar-refractivity contribution >= 4 is 0 Å². The summed E-state index contributed by atoms with van der Waals surface area (Å²) < 4.78 is 5.85. The molecule has 0 rings (SSSR count). The molecule has 1 atom stereocenters. The van der Waals surface area contributed by atoms with Crippen molar-refractivity contribution in [2.24, 2.45) is 5.41 Å². The molecule has 0 aromatic heterocycles. The lowest BCUT2D eigenvalue weighted by Crippen LogP contribution is -2.49. The zero-order chi connectivity index (χ0) is 12.8. The number of ether oxygens (including phenoxy) is 1. The van der Waals surface area contributed by atoms with Crippen molar-refractivity contribution in [2.45, 2.75) is 73.0 Å². The Morgan fingerprint density at radius 1 is 1.06 bits per heavy atom. The van der Waals surface area contributed by atoms with E-state index in [4.69, 9.17) is 4.74 Å². The van der Waals surface area contributed by atoms with Gasteiger partial charge in [0, 0.05) is 12.6 Å². The summed E-state index contributed by atoms with van der Waals surface area (Å²) in [7, 11) is 0. The minimum absolute atomic E-state index is 0.0734. The molecule has 1 N–H and O–H groups in total. The summed E-state index contributed by atoms with van der Waals surface area (Å²) in [5, 5.41) is 3.56. The molecule has 0 bridgehead atoms. The van der Waals surface area contributed by atoms with Crippen molar-refractivity contribution < 1.29 is 4.74 Å². The molecule has 0 saturated heterocycles. The maximum atomic E-state index is 5.85. The van der Waals surface area contributed by atoms with Crippen LogP contribution < -0.4 is 5.32 Å². The van der Waals surface area contributed by atoms with Crippen molar-refractivity contribution in [3.8, 4) is 0 Å². The highest BCUT2D eigenvalue weighted by atomic mass is 16.5. The second-order valence-electron chi connectivity index (χ2n) is 6.25. The van der Waals surface area contributed by atoms with Crippen LogP contribution in [0.1, 0.15) is 61.3 Å². The van der Waals surface area contributed by atoms with E-state index in [9.17, 15) is 0 Å². The van der Waals surface area contributed by atoms with Crippen LogP contribution in [0.2, 0.25) is 0 Å². The Morgan fingerprint density at radius 2 is 1.62 bits per heavy atom. The highest BCUT2D eigenvalue weighted by molar-refractivity contribution is 4.86. The first kappa shape index (κ1) is 15.9. The van der Waals surface area contributed by atoms with E-state index < -0.39 is 0 Å². The second-order valence-corrected chi connectivity index (χ2v) is 6.25. The van der Waals surface area contributed by atoms with Crippen LogP contribution in [-0.4, -0.2) is 24.8 Å². The fourth-order valence-electron chi connectivity index (χ4n) is 1.99. The van der Waals surface area contributed by atoms with Crippen molar-refractivity contribution in [1.29, 1.82) is 0 Å².